The summed E-state index contributed by atoms with van der Waals surface area (Å²) in [6.45, 7) is 3.79. The summed E-state index contributed by atoms with van der Waals surface area (Å²) in [7, 11) is -3.65. The number of sulfonamides is 1. The third-order valence-corrected chi connectivity index (χ3v) is 5.20. The van der Waals surface area contributed by atoms with Gasteiger partial charge in [-0.15, -0.1) is 0 Å². The lowest BCUT2D eigenvalue weighted by molar-refractivity contribution is 0.601. The molecule has 0 fully saturated rings. The van der Waals surface area contributed by atoms with Gasteiger partial charge in [-0.3, -0.25) is 4.72 Å². The van der Waals surface area contributed by atoms with Crippen LogP contribution in [0, 0.1) is 13.8 Å². The van der Waals surface area contributed by atoms with E-state index < -0.39 is 10.0 Å². The van der Waals surface area contributed by atoms with Gasteiger partial charge in [-0.05, 0) is 50.2 Å². The fourth-order valence-electron chi connectivity index (χ4n) is 2.24. The molecule has 0 aliphatic rings. The first kappa shape index (κ1) is 16.5. The van der Waals surface area contributed by atoms with E-state index in [-0.39, 0.29) is 4.90 Å². The van der Waals surface area contributed by atoms with Gasteiger partial charge in [0.2, 0.25) is 0 Å². The molecule has 0 aliphatic heterocycles. The molecule has 0 atom stereocenters. The molecule has 0 spiro atoms. The van der Waals surface area contributed by atoms with Gasteiger partial charge in [-0.2, -0.15) is 5.10 Å². The molecule has 1 aromatic heterocycles. The van der Waals surface area contributed by atoms with Crippen molar-refractivity contribution in [3.8, 4) is 5.69 Å². The molecule has 124 valence electrons. The van der Waals surface area contributed by atoms with Gasteiger partial charge in [0.05, 0.1) is 27.0 Å². The van der Waals surface area contributed by atoms with Gasteiger partial charge in [-0.1, -0.05) is 29.3 Å². The second-order valence-electron chi connectivity index (χ2n) is 5.49. The van der Waals surface area contributed by atoms with Crippen molar-refractivity contribution >= 4 is 27.3 Å². The van der Waals surface area contributed by atoms with Gasteiger partial charge in [-0.25, -0.2) is 13.1 Å². The fourth-order valence-corrected chi connectivity index (χ4v) is 3.55. The fraction of sp³-hybridized carbons (Fsp3) is 0.118. The summed E-state index contributed by atoms with van der Waals surface area (Å²) in [5, 5.41) is 4.70. The number of rotatable bonds is 4. The van der Waals surface area contributed by atoms with Crippen LogP contribution in [0.2, 0.25) is 5.02 Å². The van der Waals surface area contributed by atoms with Gasteiger partial charge in [0.1, 0.15) is 0 Å². The zero-order valence-electron chi connectivity index (χ0n) is 13.2. The van der Waals surface area contributed by atoms with Crippen molar-refractivity contribution in [1.82, 2.24) is 9.78 Å². The Morgan fingerprint density at radius 2 is 1.75 bits per heavy atom. The second-order valence-corrected chi connectivity index (χ2v) is 7.58. The molecule has 3 aromatic rings. The highest BCUT2D eigenvalue weighted by Gasteiger charge is 2.15. The topological polar surface area (TPSA) is 64.0 Å². The summed E-state index contributed by atoms with van der Waals surface area (Å²) >= 11 is 6.27. The Hall–Kier alpha value is -2.31. The number of halogens is 1. The molecule has 0 radical (unpaired) electrons. The van der Waals surface area contributed by atoms with Crippen molar-refractivity contribution in [2.24, 2.45) is 0 Å². The monoisotopic (exact) mass is 361 g/mol. The largest absolute Gasteiger partial charge is 0.280 e. The maximum absolute atomic E-state index is 12.4. The minimum atomic E-state index is -3.65. The van der Waals surface area contributed by atoms with Crippen LogP contribution in [0.15, 0.2) is 59.6 Å². The molecule has 2 aromatic carbocycles. The summed E-state index contributed by atoms with van der Waals surface area (Å²) in [5.41, 5.74) is 2.95. The summed E-state index contributed by atoms with van der Waals surface area (Å²) in [6.07, 6.45) is 1.80. The number of nitrogens with one attached hydrogen (secondary N) is 1. The van der Waals surface area contributed by atoms with E-state index in [1.54, 1.807) is 53.3 Å². The van der Waals surface area contributed by atoms with Gasteiger partial charge in [0.25, 0.3) is 10.0 Å². The number of hydrogen-bond donors (Lipinski definition) is 1. The lowest BCUT2D eigenvalue weighted by Gasteiger charge is -2.11. The van der Waals surface area contributed by atoms with E-state index in [2.05, 4.69) is 9.82 Å². The predicted molar refractivity (Wildman–Crippen MR) is 95.3 cm³/mol. The minimum absolute atomic E-state index is 0.205. The highest BCUT2D eigenvalue weighted by molar-refractivity contribution is 7.92. The lowest BCUT2D eigenvalue weighted by Crippen LogP contribution is -2.13. The van der Waals surface area contributed by atoms with Crippen LogP contribution in [0.3, 0.4) is 0 Å². The first-order valence-electron chi connectivity index (χ1n) is 7.27. The molecule has 0 aliphatic carbocycles. The number of benzene rings is 2. The molecule has 1 N–H and O–H groups in total. The summed E-state index contributed by atoms with van der Waals surface area (Å²) < 4.78 is 29.0. The van der Waals surface area contributed by atoms with Crippen LogP contribution in [-0.2, 0) is 10.0 Å². The Bertz CT molecular complexity index is 979. The highest BCUT2D eigenvalue weighted by Crippen LogP contribution is 2.26. The first-order valence-corrected chi connectivity index (χ1v) is 9.13. The molecule has 0 saturated heterocycles. The molecule has 1 heterocycles. The van der Waals surface area contributed by atoms with Crippen molar-refractivity contribution in [3.05, 3.63) is 71.0 Å². The molecule has 5 nitrogen and oxygen atoms in total. The average Bonchev–Trinajstić information content (AvgIpc) is 2.93. The number of anilines is 1. The van der Waals surface area contributed by atoms with Gasteiger partial charge >= 0.3 is 0 Å². The van der Waals surface area contributed by atoms with Crippen molar-refractivity contribution < 1.29 is 8.42 Å². The maximum Gasteiger partial charge on any atom is 0.261 e. The smallest absolute Gasteiger partial charge is 0.261 e. The Kier molecular flexibility index (Phi) is 4.34. The summed E-state index contributed by atoms with van der Waals surface area (Å²) in [6, 6.07) is 13.5. The lowest BCUT2D eigenvalue weighted by atomic mass is 10.2. The number of nitrogens with zero attached hydrogens (tertiary/aromatic N) is 2. The Labute approximate surface area is 145 Å². The SMILES string of the molecule is Cc1ccc(S(=O)(=O)Nc2ccc(-n3ccc(C)n3)c(Cl)c2)cc1. The molecule has 7 heteroatoms. The zero-order chi connectivity index (χ0) is 17.3. The van der Waals surface area contributed by atoms with E-state index in [9.17, 15) is 8.42 Å². The number of hydrogen-bond acceptors (Lipinski definition) is 3. The predicted octanol–water partition coefficient (Wildman–Crippen LogP) is 3.94. The number of aromatic nitrogens is 2. The van der Waals surface area contributed by atoms with Gasteiger partial charge < -0.3 is 0 Å². The molecule has 0 amide bonds. The zero-order valence-corrected chi connectivity index (χ0v) is 14.8. The third-order valence-electron chi connectivity index (χ3n) is 3.50. The molecule has 3 rings (SSSR count). The van der Waals surface area contributed by atoms with E-state index in [0.717, 1.165) is 11.3 Å². The first-order chi connectivity index (χ1) is 11.3. The van der Waals surface area contributed by atoms with E-state index >= 15 is 0 Å². The van der Waals surface area contributed by atoms with E-state index in [1.807, 2.05) is 19.9 Å². The third kappa shape index (κ3) is 3.44. The summed E-state index contributed by atoms with van der Waals surface area (Å²) in [4.78, 5) is 0.205. The Balaban J connectivity index is 1.88. The van der Waals surface area contributed by atoms with Gasteiger partial charge in [0.15, 0.2) is 0 Å². The normalized spacial score (nSPS) is 11.5. The second kappa shape index (κ2) is 6.30. The average molecular weight is 362 g/mol. The molecule has 24 heavy (non-hydrogen) atoms. The van der Waals surface area contributed by atoms with Crippen LogP contribution in [0.4, 0.5) is 5.69 Å². The van der Waals surface area contributed by atoms with E-state index in [1.165, 1.54) is 0 Å². The highest BCUT2D eigenvalue weighted by atomic mass is 35.5. The number of aryl methyl sites for hydroxylation is 2. The maximum atomic E-state index is 12.4. The van der Waals surface area contributed by atoms with Crippen molar-refractivity contribution in [1.29, 1.82) is 0 Å². The molecule has 0 bridgehead atoms. The van der Waals surface area contributed by atoms with Crippen molar-refractivity contribution in [2.45, 2.75) is 18.7 Å². The van der Waals surface area contributed by atoms with Crippen LogP contribution in [0.25, 0.3) is 5.69 Å². The quantitative estimate of drug-likeness (QED) is 0.765. The van der Waals surface area contributed by atoms with E-state index in [4.69, 9.17) is 11.6 Å². The van der Waals surface area contributed by atoms with Gasteiger partial charge in [0, 0.05) is 6.20 Å². The van der Waals surface area contributed by atoms with Crippen LogP contribution >= 0.6 is 11.6 Å². The Morgan fingerprint density at radius 1 is 1.04 bits per heavy atom. The molecule has 0 unspecified atom stereocenters. The minimum Gasteiger partial charge on any atom is -0.280 e. The standard InChI is InChI=1S/C17H16ClN3O2S/c1-12-3-6-15(7-4-12)24(22,23)20-14-5-8-17(16(18)11-14)21-10-9-13(2)19-21/h3-11,20H,1-2H3. The van der Waals surface area contributed by atoms with Crippen LogP contribution in [0.1, 0.15) is 11.3 Å². The van der Waals surface area contributed by atoms with Crippen molar-refractivity contribution in [3.63, 3.8) is 0 Å². The van der Waals surface area contributed by atoms with E-state index in [0.29, 0.717) is 16.4 Å². The molecular formula is C17H16ClN3O2S. The molecular weight excluding hydrogens is 346 g/mol. The van der Waals surface area contributed by atoms with Crippen molar-refractivity contribution in [2.75, 3.05) is 4.72 Å². The molecule has 0 saturated carbocycles. The summed E-state index contributed by atoms with van der Waals surface area (Å²) in [5.74, 6) is 0. The van der Waals surface area contributed by atoms with Crippen LogP contribution < -0.4 is 4.72 Å². The van der Waals surface area contributed by atoms with Crippen LogP contribution in [-0.4, -0.2) is 18.2 Å². The van der Waals surface area contributed by atoms with Crippen LogP contribution in [0.5, 0.6) is 0 Å². The Morgan fingerprint density at radius 3 is 2.33 bits per heavy atom.